The number of nitrogens with zero attached hydrogens (tertiary/aromatic N) is 2. The molecular weight excluding hydrogens is 480 g/mol. The average molecular weight is 513 g/mol. The van der Waals surface area contributed by atoms with Gasteiger partial charge in [0, 0.05) is 17.9 Å². The van der Waals surface area contributed by atoms with Crippen molar-refractivity contribution in [3.05, 3.63) is 25.3 Å². The molecule has 3 heterocycles. The highest BCUT2D eigenvalue weighted by Crippen LogP contribution is 2.60. The lowest BCUT2D eigenvalue weighted by Gasteiger charge is -2.38. The zero-order valence-electron chi connectivity index (χ0n) is 18.7. The quantitative estimate of drug-likeness (QED) is 0.257. The Hall–Kier alpha value is -1.71. The molecular formula is C23H33BrN2O6. The van der Waals surface area contributed by atoms with Crippen LogP contribution < -0.4 is 0 Å². The number of amides is 2. The van der Waals surface area contributed by atoms with E-state index in [0.717, 1.165) is 12.8 Å². The molecule has 3 rings (SSSR count). The van der Waals surface area contributed by atoms with E-state index < -0.39 is 41.6 Å². The molecule has 2 bridgehead atoms. The Morgan fingerprint density at radius 1 is 1.44 bits per heavy atom. The van der Waals surface area contributed by atoms with Crippen molar-refractivity contribution in [3.8, 4) is 0 Å². The molecule has 178 valence electrons. The summed E-state index contributed by atoms with van der Waals surface area (Å²) in [6, 6.07) is -1.53. The van der Waals surface area contributed by atoms with E-state index in [1.54, 1.807) is 17.9 Å². The van der Waals surface area contributed by atoms with Crippen LogP contribution in [-0.2, 0) is 23.9 Å². The fraction of sp³-hybridized carbons (Fsp3) is 0.696. The zero-order valence-corrected chi connectivity index (χ0v) is 20.3. The molecule has 3 saturated heterocycles. The third-order valence-corrected chi connectivity index (χ3v) is 7.60. The van der Waals surface area contributed by atoms with Crippen LogP contribution in [0.2, 0.25) is 0 Å². The number of rotatable bonds is 11. The summed E-state index contributed by atoms with van der Waals surface area (Å²) in [5, 5.41) is 9.88. The predicted molar refractivity (Wildman–Crippen MR) is 122 cm³/mol. The van der Waals surface area contributed by atoms with Crippen molar-refractivity contribution in [3.63, 3.8) is 0 Å². The monoisotopic (exact) mass is 512 g/mol. The number of halogens is 1. The summed E-state index contributed by atoms with van der Waals surface area (Å²) in [5.41, 5.74) is -1.15. The van der Waals surface area contributed by atoms with E-state index in [9.17, 15) is 19.5 Å². The van der Waals surface area contributed by atoms with Gasteiger partial charge in [0.25, 0.3) is 0 Å². The van der Waals surface area contributed by atoms with E-state index in [2.05, 4.69) is 29.1 Å². The Morgan fingerprint density at radius 3 is 2.75 bits per heavy atom. The highest BCUT2D eigenvalue weighted by Gasteiger charge is 2.77. The van der Waals surface area contributed by atoms with Gasteiger partial charge in [-0.05, 0) is 19.8 Å². The first-order valence-electron chi connectivity index (χ1n) is 11.2. The number of fused-ring (bicyclic) bond motifs is 1. The maximum absolute atomic E-state index is 13.9. The topological polar surface area (TPSA) is 96.4 Å². The lowest BCUT2D eigenvalue weighted by atomic mass is 9.70. The second-order valence-electron chi connectivity index (χ2n) is 8.79. The first-order chi connectivity index (χ1) is 15.3. The number of unbranched alkanes of at least 4 members (excludes halogenated alkanes) is 1. The third-order valence-electron chi connectivity index (χ3n) is 6.76. The van der Waals surface area contributed by atoms with Crippen molar-refractivity contribution < 1.29 is 29.0 Å². The Kier molecular flexibility index (Phi) is 7.83. The van der Waals surface area contributed by atoms with Crippen LogP contribution in [0.4, 0.5) is 0 Å². The van der Waals surface area contributed by atoms with Crippen LogP contribution >= 0.6 is 15.9 Å². The van der Waals surface area contributed by atoms with Gasteiger partial charge in [0.05, 0.1) is 30.6 Å². The normalized spacial score (nSPS) is 33.7. The van der Waals surface area contributed by atoms with Crippen molar-refractivity contribution >= 4 is 33.7 Å². The Labute approximate surface area is 197 Å². The maximum atomic E-state index is 13.9. The van der Waals surface area contributed by atoms with Crippen molar-refractivity contribution in [2.45, 2.75) is 61.7 Å². The first-order valence-corrected chi connectivity index (χ1v) is 12.1. The minimum atomic E-state index is -1.15. The molecule has 3 aliphatic rings. The van der Waals surface area contributed by atoms with Gasteiger partial charge < -0.3 is 24.4 Å². The number of carbonyl (C=O) groups excluding carboxylic acids is 3. The van der Waals surface area contributed by atoms with Gasteiger partial charge in [-0.1, -0.05) is 48.0 Å². The van der Waals surface area contributed by atoms with Crippen molar-refractivity contribution in [2.75, 3.05) is 26.3 Å². The standard InChI is InChI=1S/C23H33BrN2O6/c1-5-8-10-25(9-6-2)21(29)19-23-12-15(24)18(32-23)16(22(30)31-11-7-3)17(23)20(28)26(19)14(4)13-27/h6-7,14-19,27H,2-3,5,8-13H2,1,4H3/t14-,15?,16+,17+,18+,19?,23?/m1/s1. The molecule has 8 nitrogen and oxygen atoms in total. The van der Waals surface area contributed by atoms with Gasteiger partial charge in [-0.3, -0.25) is 14.4 Å². The summed E-state index contributed by atoms with van der Waals surface area (Å²) in [7, 11) is 0. The molecule has 0 aromatic heterocycles. The zero-order chi connectivity index (χ0) is 23.6. The van der Waals surface area contributed by atoms with E-state index in [4.69, 9.17) is 9.47 Å². The number of hydrogen-bond acceptors (Lipinski definition) is 6. The van der Waals surface area contributed by atoms with Crippen LogP contribution in [0, 0.1) is 11.8 Å². The molecule has 0 radical (unpaired) electrons. The van der Waals surface area contributed by atoms with Gasteiger partial charge in [-0.2, -0.15) is 0 Å². The molecule has 3 aliphatic heterocycles. The minimum absolute atomic E-state index is 0.0339. The molecule has 32 heavy (non-hydrogen) atoms. The summed E-state index contributed by atoms with van der Waals surface area (Å²) < 4.78 is 11.7. The smallest absolute Gasteiger partial charge is 0.312 e. The van der Waals surface area contributed by atoms with Crippen LogP contribution in [0.15, 0.2) is 25.3 Å². The van der Waals surface area contributed by atoms with E-state index in [1.807, 2.05) is 6.92 Å². The highest BCUT2D eigenvalue weighted by atomic mass is 79.9. The van der Waals surface area contributed by atoms with Gasteiger partial charge in [-0.15, -0.1) is 6.58 Å². The largest absolute Gasteiger partial charge is 0.461 e. The Morgan fingerprint density at radius 2 is 2.16 bits per heavy atom. The highest BCUT2D eigenvalue weighted by molar-refractivity contribution is 9.09. The number of carbonyl (C=O) groups is 3. The van der Waals surface area contributed by atoms with Crippen molar-refractivity contribution in [2.24, 2.45) is 11.8 Å². The van der Waals surface area contributed by atoms with Gasteiger partial charge >= 0.3 is 5.97 Å². The molecule has 7 atom stereocenters. The van der Waals surface area contributed by atoms with Crippen LogP contribution in [0.1, 0.15) is 33.1 Å². The molecule has 0 aromatic carbocycles. The average Bonchev–Trinajstić information content (AvgIpc) is 3.37. The van der Waals surface area contributed by atoms with E-state index in [0.29, 0.717) is 19.5 Å². The van der Waals surface area contributed by atoms with Crippen LogP contribution in [0.5, 0.6) is 0 Å². The number of aliphatic hydroxyl groups is 1. The second kappa shape index (κ2) is 10.1. The maximum Gasteiger partial charge on any atom is 0.312 e. The summed E-state index contributed by atoms with van der Waals surface area (Å²) in [6.45, 7) is 11.7. The molecule has 3 unspecified atom stereocenters. The molecule has 0 aliphatic carbocycles. The fourth-order valence-corrected chi connectivity index (χ4v) is 6.33. The van der Waals surface area contributed by atoms with Crippen LogP contribution in [-0.4, -0.2) is 87.6 Å². The molecule has 1 N–H and O–H groups in total. The molecule has 9 heteroatoms. The first kappa shape index (κ1) is 24.9. The van der Waals surface area contributed by atoms with E-state index in [1.165, 1.54) is 11.0 Å². The molecule has 0 saturated carbocycles. The number of alkyl halides is 1. The molecule has 1 spiro atoms. The van der Waals surface area contributed by atoms with Crippen LogP contribution in [0.25, 0.3) is 0 Å². The third kappa shape index (κ3) is 3.92. The lowest BCUT2D eigenvalue weighted by Crippen LogP contribution is -2.58. The van der Waals surface area contributed by atoms with E-state index in [-0.39, 0.29) is 29.9 Å². The van der Waals surface area contributed by atoms with E-state index >= 15 is 0 Å². The molecule has 3 fully saturated rings. The number of esters is 1. The Balaban J connectivity index is 2.04. The summed E-state index contributed by atoms with van der Waals surface area (Å²) in [4.78, 5) is 43.4. The van der Waals surface area contributed by atoms with Crippen molar-refractivity contribution in [1.82, 2.24) is 9.80 Å². The molecule has 0 aromatic rings. The summed E-state index contributed by atoms with van der Waals surface area (Å²) in [6.07, 6.45) is 4.71. The number of ether oxygens (including phenoxy) is 2. The van der Waals surface area contributed by atoms with Gasteiger partial charge in [0.2, 0.25) is 11.8 Å². The van der Waals surface area contributed by atoms with Gasteiger partial charge in [0.1, 0.15) is 18.2 Å². The lowest BCUT2D eigenvalue weighted by molar-refractivity contribution is -0.155. The fourth-order valence-electron chi connectivity index (χ4n) is 5.38. The number of hydrogen-bond donors (Lipinski definition) is 1. The second-order valence-corrected chi connectivity index (χ2v) is 9.96. The Bertz CT molecular complexity index is 776. The van der Waals surface area contributed by atoms with Gasteiger partial charge in [0.15, 0.2) is 0 Å². The number of aliphatic hydroxyl groups excluding tert-OH is 1. The van der Waals surface area contributed by atoms with Crippen molar-refractivity contribution in [1.29, 1.82) is 0 Å². The summed E-state index contributed by atoms with van der Waals surface area (Å²) in [5.74, 6) is -2.78. The SMILES string of the molecule is C=CCOC(=O)[C@H]1[C@H]2C(=O)N([C@H](C)CO)C(C(=O)N(CC=C)CCCC)C23CC(Br)[C@@H]1O3. The predicted octanol–water partition coefficient (Wildman–Crippen LogP) is 1.66. The van der Waals surface area contributed by atoms with Crippen LogP contribution in [0.3, 0.4) is 0 Å². The summed E-state index contributed by atoms with van der Waals surface area (Å²) >= 11 is 3.61. The van der Waals surface area contributed by atoms with Gasteiger partial charge in [-0.25, -0.2) is 0 Å². The minimum Gasteiger partial charge on any atom is -0.461 e. The molecule has 2 amide bonds. The number of likely N-dealkylation sites (tertiary alicyclic amines) is 1.